The second kappa shape index (κ2) is 9.90. The lowest BCUT2D eigenvalue weighted by atomic mass is 9.93. The largest absolute Gasteiger partial charge is 0.507 e. The molecule has 1 amide bonds. The molecule has 2 aromatic carbocycles. The molecule has 0 radical (unpaired) electrons. The zero-order valence-corrected chi connectivity index (χ0v) is 19.3. The number of aryl methyl sites for hydroxylation is 1. The molecule has 1 saturated heterocycles. The van der Waals surface area contributed by atoms with Crippen molar-refractivity contribution in [1.29, 1.82) is 0 Å². The molecule has 2 aromatic rings. The number of hydrogen-bond donors (Lipinski definition) is 1. The van der Waals surface area contributed by atoms with E-state index in [1.165, 1.54) is 0 Å². The van der Waals surface area contributed by atoms with Crippen LogP contribution in [0, 0.1) is 6.92 Å². The zero-order valence-electron chi connectivity index (χ0n) is 19.3. The van der Waals surface area contributed by atoms with E-state index in [1.807, 2.05) is 52.0 Å². The van der Waals surface area contributed by atoms with E-state index in [2.05, 4.69) is 0 Å². The number of likely N-dealkylation sites (tertiary alicyclic amines) is 1. The third-order valence-electron chi connectivity index (χ3n) is 5.56. The van der Waals surface area contributed by atoms with E-state index in [-0.39, 0.29) is 17.4 Å². The topological polar surface area (TPSA) is 76.1 Å². The second-order valence-electron chi connectivity index (χ2n) is 8.23. The molecule has 0 aliphatic carbocycles. The van der Waals surface area contributed by atoms with Gasteiger partial charge in [-0.15, -0.1) is 0 Å². The number of ether oxygens (including phenoxy) is 2. The first-order valence-corrected chi connectivity index (χ1v) is 11.0. The molecule has 3 rings (SSSR count). The molecular formula is C26H31NO5. The first-order chi connectivity index (χ1) is 15.3. The second-order valence-corrected chi connectivity index (χ2v) is 8.23. The predicted octanol–water partition coefficient (Wildman–Crippen LogP) is 5.01. The van der Waals surface area contributed by atoms with E-state index in [4.69, 9.17) is 9.47 Å². The molecule has 1 fully saturated rings. The summed E-state index contributed by atoms with van der Waals surface area (Å²) < 4.78 is 11.3. The Labute approximate surface area is 189 Å². The number of nitrogens with zero attached hydrogens (tertiary/aromatic N) is 1. The molecule has 6 nitrogen and oxygen atoms in total. The number of unbranched alkanes of at least 4 members (excludes halogenated alkanes) is 1. The summed E-state index contributed by atoms with van der Waals surface area (Å²) in [7, 11) is 1.57. The van der Waals surface area contributed by atoms with Crippen LogP contribution >= 0.6 is 0 Å². The first-order valence-electron chi connectivity index (χ1n) is 11.0. The minimum atomic E-state index is -0.724. The van der Waals surface area contributed by atoms with Gasteiger partial charge in [0.1, 0.15) is 17.3 Å². The van der Waals surface area contributed by atoms with Crippen LogP contribution in [0.3, 0.4) is 0 Å². The fourth-order valence-electron chi connectivity index (χ4n) is 4.00. The van der Waals surface area contributed by atoms with Crippen LogP contribution in [-0.4, -0.2) is 41.5 Å². The highest BCUT2D eigenvalue weighted by molar-refractivity contribution is 6.46. The van der Waals surface area contributed by atoms with Crippen molar-refractivity contribution in [3.05, 3.63) is 64.7 Å². The Morgan fingerprint density at radius 3 is 2.50 bits per heavy atom. The van der Waals surface area contributed by atoms with Gasteiger partial charge in [-0.05, 0) is 57.0 Å². The average molecular weight is 438 g/mol. The number of carbonyl (C=O) groups excluding carboxylic acids is 2. The molecule has 1 atom stereocenters. The number of rotatable bonds is 8. The number of carbonyl (C=O) groups is 2. The van der Waals surface area contributed by atoms with Gasteiger partial charge in [0.2, 0.25) is 0 Å². The van der Waals surface area contributed by atoms with E-state index in [9.17, 15) is 14.7 Å². The van der Waals surface area contributed by atoms with Gasteiger partial charge in [0, 0.05) is 17.7 Å². The number of benzene rings is 2. The molecule has 0 spiro atoms. The molecule has 1 heterocycles. The number of hydrogen-bond acceptors (Lipinski definition) is 5. The van der Waals surface area contributed by atoms with Crippen molar-refractivity contribution in [2.24, 2.45) is 0 Å². The molecule has 6 heteroatoms. The van der Waals surface area contributed by atoms with Gasteiger partial charge in [0.15, 0.2) is 0 Å². The first kappa shape index (κ1) is 23.4. The van der Waals surface area contributed by atoms with E-state index in [0.29, 0.717) is 29.2 Å². The van der Waals surface area contributed by atoms with E-state index in [1.54, 1.807) is 30.2 Å². The lowest BCUT2D eigenvalue weighted by molar-refractivity contribution is -0.139. The monoisotopic (exact) mass is 437 g/mol. The van der Waals surface area contributed by atoms with Crippen LogP contribution in [0.25, 0.3) is 5.76 Å². The SMILES string of the molecule is CCCCN1C(=O)C(=O)/C(=C(\O)c2ccc(OC)cc2C)C1c1ccccc1OC(C)C. The smallest absolute Gasteiger partial charge is 0.295 e. The summed E-state index contributed by atoms with van der Waals surface area (Å²) in [5.41, 5.74) is 2.00. The highest BCUT2D eigenvalue weighted by atomic mass is 16.5. The molecule has 170 valence electrons. The van der Waals surface area contributed by atoms with Gasteiger partial charge in [-0.2, -0.15) is 0 Å². The standard InChI is InChI=1S/C26H31NO5/c1-6-7-14-27-23(20-10-8-9-11-21(20)32-16(2)3)22(25(29)26(27)30)24(28)19-13-12-18(31-5)15-17(19)4/h8-13,15-16,23,28H,6-7,14H2,1-5H3/b24-22-. The average Bonchev–Trinajstić information content (AvgIpc) is 3.01. The number of methoxy groups -OCH3 is 1. The maximum atomic E-state index is 13.2. The van der Waals surface area contributed by atoms with Crippen LogP contribution in [0.1, 0.15) is 56.3 Å². The van der Waals surface area contributed by atoms with Crippen molar-refractivity contribution in [3.8, 4) is 11.5 Å². The normalized spacial score (nSPS) is 17.8. The number of Topliss-reactive ketones (excluding diaryl/α,β-unsaturated/α-hetero) is 1. The Hall–Kier alpha value is -3.28. The Balaban J connectivity index is 2.22. The maximum Gasteiger partial charge on any atom is 0.295 e. The van der Waals surface area contributed by atoms with Gasteiger partial charge in [-0.3, -0.25) is 9.59 Å². The summed E-state index contributed by atoms with van der Waals surface area (Å²) in [6, 6.07) is 11.9. The van der Waals surface area contributed by atoms with Crippen LogP contribution in [0.5, 0.6) is 11.5 Å². The van der Waals surface area contributed by atoms with Crippen LogP contribution in [0.2, 0.25) is 0 Å². The van der Waals surface area contributed by atoms with Crippen molar-refractivity contribution in [2.45, 2.75) is 52.7 Å². The molecule has 32 heavy (non-hydrogen) atoms. The minimum Gasteiger partial charge on any atom is -0.507 e. The summed E-state index contributed by atoms with van der Waals surface area (Å²) in [6.07, 6.45) is 1.54. The van der Waals surface area contributed by atoms with Gasteiger partial charge in [0.25, 0.3) is 11.7 Å². The Morgan fingerprint density at radius 1 is 1.16 bits per heavy atom. The zero-order chi connectivity index (χ0) is 23.4. The molecule has 0 bridgehead atoms. The highest BCUT2D eigenvalue weighted by Crippen LogP contribution is 2.43. The minimum absolute atomic E-state index is 0.0826. The Bertz CT molecular complexity index is 1040. The highest BCUT2D eigenvalue weighted by Gasteiger charge is 2.46. The summed E-state index contributed by atoms with van der Waals surface area (Å²) in [4.78, 5) is 27.8. The Morgan fingerprint density at radius 2 is 1.88 bits per heavy atom. The fourth-order valence-corrected chi connectivity index (χ4v) is 4.00. The van der Waals surface area contributed by atoms with Crippen molar-refractivity contribution in [1.82, 2.24) is 4.90 Å². The molecule has 1 N–H and O–H groups in total. The quantitative estimate of drug-likeness (QED) is 0.357. The van der Waals surface area contributed by atoms with Crippen molar-refractivity contribution < 1.29 is 24.2 Å². The van der Waals surface area contributed by atoms with Crippen molar-refractivity contribution in [3.63, 3.8) is 0 Å². The van der Waals surface area contributed by atoms with Crippen LogP contribution in [0.4, 0.5) is 0 Å². The predicted molar refractivity (Wildman–Crippen MR) is 124 cm³/mol. The number of ketones is 1. The van der Waals surface area contributed by atoms with Crippen LogP contribution < -0.4 is 9.47 Å². The molecule has 1 unspecified atom stereocenters. The van der Waals surface area contributed by atoms with E-state index < -0.39 is 17.7 Å². The lowest BCUT2D eigenvalue weighted by Gasteiger charge is -2.27. The molecule has 0 aromatic heterocycles. The van der Waals surface area contributed by atoms with Gasteiger partial charge in [-0.25, -0.2) is 0 Å². The van der Waals surface area contributed by atoms with Crippen molar-refractivity contribution >= 4 is 17.4 Å². The van der Waals surface area contributed by atoms with Crippen LogP contribution in [0.15, 0.2) is 48.0 Å². The lowest BCUT2D eigenvalue weighted by Crippen LogP contribution is -2.31. The van der Waals surface area contributed by atoms with Crippen LogP contribution in [-0.2, 0) is 9.59 Å². The summed E-state index contributed by atoms with van der Waals surface area (Å²) in [5.74, 6) is -0.233. The van der Waals surface area contributed by atoms with Gasteiger partial charge in [-0.1, -0.05) is 31.5 Å². The number of aliphatic hydroxyl groups is 1. The molecule has 1 aliphatic heterocycles. The molecule has 1 aliphatic rings. The Kier molecular flexibility index (Phi) is 7.23. The van der Waals surface area contributed by atoms with Gasteiger partial charge >= 0.3 is 0 Å². The number of amides is 1. The molecule has 0 saturated carbocycles. The third kappa shape index (κ3) is 4.49. The number of aliphatic hydroxyl groups excluding tert-OH is 1. The van der Waals surface area contributed by atoms with Crippen molar-refractivity contribution in [2.75, 3.05) is 13.7 Å². The summed E-state index contributed by atoms with van der Waals surface area (Å²) >= 11 is 0. The fraction of sp³-hybridized carbons (Fsp3) is 0.385. The third-order valence-corrected chi connectivity index (χ3v) is 5.56. The maximum absolute atomic E-state index is 13.2. The van der Waals surface area contributed by atoms with E-state index in [0.717, 1.165) is 18.4 Å². The molecular weight excluding hydrogens is 406 g/mol. The van der Waals surface area contributed by atoms with E-state index >= 15 is 0 Å². The summed E-state index contributed by atoms with van der Waals surface area (Å²) in [5, 5.41) is 11.3. The van der Waals surface area contributed by atoms with Gasteiger partial charge in [0.05, 0.1) is 24.8 Å². The van der Waals surface area contributed by atoms with Gasteiger partial charge < -0.3 is 19.5 Å². The number of para-hydroxylation sites is 1. The summed E-state index contributed by atoms with van der Waals surface area (Å²) in [6.45, 7) is 8.12.